The molecule has 3 aromatic carbocycles. The van der Waals surface area contributed by atoms with Gasteiger partial charge in [0.25, 0.3) is 0 Å². The number of aryl methyl sites for hydroxylation is 4. The Kier molecular flexibility index (Phi) is 2.93. The maximum atomic E-state index is 10.7. The highest BCUT2D eigenvalue weighted by molar-refractivity contribution is 6.07. The van der Waals surface area contributed by atoms with E-state index < -0.39 is 0 Å². The molecule has 0 radical (unpaired) electrons. The summed E-state index contributed by atoms with van der Waals surface area (Å²) in [4.78, 5) is 0. The lowest BCUT2D eigenvalue weighted by molar-refractivity contribution is 0.487. The average molecular weight is 264 g/mol. The van der Waals surface area contributed by atoms with Gasteiger partial charge in [-0.05, 0) is 66.3 Å². The van der Waals surface area contributed by atoms with Crippen molar-refractivity contribution in [1.82, 2.24) is 0 Å². The number of benzene rings is 3. The van der Waals surface area contributed by atoms with E-state index in [0.717, 1.165) is 22.6 Å². The summed E-state index contributed by atoms with van der Waals surface area (Å²) in [6, 6.07) is 10.6. The van der Waals surface area contributed by atoms with E-state index >= 15 is 0 Å². The van der Waals surface area contributed by atoms with Gasteiger partial charge in [0.1, 0.15) is 5.75 Å². The Balaban J connectivity index is 2.57. The molecule has 0 saturated carbocycles. The highest BCUT2D eigenvalue weighted by Gasteiger charge is 2.12. The van der Waals surface area contributed by atoms with Crippen LogP contribution in [0.15, 0.2) is 30.3 Å². The van der Waals surface area contributed by atoms with Crippen LogP contribution in [0.3, 0.4) is 0 Å². The first-order chi connectivity index (χ1) is 9.54. The fourth-order valence-electron chi connectivity index (χ4n) is 3.18. The topological polar surface area (TPSA) is 20.2 Å². The van der Waals surface area contributed by atoms with Gasteiger partial charge in [-0.1, -0.05) is 31.2 Å². The van der Waals surface area contributed by atoms with E-state index in [1.807, 2.05) is 6.07 Å². The van der Waals surface area contributed by atoms with Crippen molar-refractivity contribution in [2.24, 2.45) is 0 Å². The number of phenols is 1. The Bertz CT molecular complexity index is 828. The summed E-state index contributed by atoms with van der Waals surface area (Å²) in [7, 11) is 0. The molecule has 0 spiro atoms. The fraction of sp³-hybridized carbons (Fsp3) is 0.263. The monoisotopic (exact) mass is 264 g/mol. The first-order valence-corrected chi connectivity index (χ1v) is 7.18. The maximum absolute atomic E-state index is 10.7. The van der Waals surface area contributed by atoms with Crippen molar-refractivity contribution in [3.8, 4) is 5.75 Å². The van der Waals surface area contributed by atoms with E-state index in [1.54, 1.807) is 0 Å². The molecule has 0 amide bonds. The van der Waals surface area contributed by atoms with Crippen molar-refractivity contribution in [3.63, 3.8) is 0 Å². The Morgan fingerprint density at radius 3 is 2.30 bits per heavy atom. The second kappa shape index (κ2) is 4.52. The highest BCUT2D eigenvalue weighted by Crippen LogP contribution is 2.38. The van der Waals surface area contributed by atoms with E-state index in [0.29, 0.717) is 5.75 Å². The molecule has 0 heterocycles. The number of rotatable bonds is 1. The van der Waals surface area contributed by atoms with Gasteiger partial charge >= 0.3 is 0 Å². The summed E-state index contributed by atoms with van der Waals surface area (Å²) in [6.45, 7) is 8.48. The second-order valence-electron chi connectivity index (χ2n) is 5.64. The lowest BCUT2D eigenvalue weighted by Gasteiger charge is -2.14. The van der Waals surface area contributed by atoms with E-state index in [1.165, 1.54) is 27.6 Å². The van der Waals surface area contributed by atoms with Gasteiger partial charge in [0, 0.05) is 10.8 Å². The van der Waals surface area contributed by atoms with Gasteiger partial charge in [0.05, 0.1) is 0 Å². The zero-order valence-electron chi connectivity index (χ0n) is 12.5. The molecule has 1 heteroatoms. The minimum atomic E-state index is 0.424. The maximum Gasteiger partial charge on any atom is 0.131 e. The van der Waals surface area contributed by atoms with Gasteiger partial charge in [0.2, 0.25) is 0 Å². The molecule has 0 fully saturated rings. The predicted octanol–water partition coefficient (Wildman–Crippen LogP) is 5.19. The van der Waals surface area contributed by atoms with Crippen LogP contribution in [-0.4, -0.2) is 5.11 Å². The summed E-state index contributed by atoms with van der Waals surface area (Å²) in [6.07, 6.45) is 0.985. The quantitative estimate of drug-likeness (QED) is 0.600. The highest BCUT2D eigenvalue weighted by atomic mass is 16.3. The zero-order valence-corrected chi connectivity index (χ0v) is 12.5. The summed E-state index contributed by atoms with van der Waals surface area (Å²) >= 11 is 0. The molecule has 0 saturated heterocycles. The SMILES string of the molecule is CCc1c(C)ccc2c(O)c3c(C)c(C)ccc3cc12. The number of aromatic hydroxyl groups is 1. The summed E-state index contributed by atoms with van der Waals surface area (Å²) in [5.74, 6) is 0.424. The first kappa shape index (κ1) is 13.0. The van der Waals surface area contributed by atoms with Crippen molar-refractivity contribution in [2.75, 3.05) is 0 Å². The van der Waals surface area contributed by atoms with Crippen molar-refractivity contribution in [2.45, 2.75) is 34.1 Å². The molecule has 3 rings (SSSR count). The Morgan fingerprint density at radius 2 is 1.60 bits per heavy atom. The molecule has 0 bridgehead atoms. The van der Waals surface area contributed by atoms with E-state index in [9.17, 15) is 5.11 Å². The minimum absolute atomic E-state index is 0.424. The molecular weight excluding hydrogens is 244 g/mol. The predicted molar refractivity (Wildman–Crippen MR) is 86.7 cm³/mol. The lowest BCUT2D eigenvalue weighted by atomic mass is 9.92. The van der Waals surface area contributed by atoms with Crippen LogP contribution in [0.1, 0.15) is 29.2 Å². The average Bonchev–Trinajstić information content (AvgIpc) is 2.43. The van der Waals surface area contributed by atoms with Gasteiger partial charge in [0.15, 0.2) is 0 Å². The van der Waals surface area contributed by atoms with E-state index in [-0.39, 0.29) is 0 Å². The third-order valence-corrected chi connectivity index (χ3v) is 4.50. The third-order valence-electron chi connectivity index (χ3n) is 4.50. The Labute approximate surface area is 119 Å². The van der Waals surface area contributed by atoms with Crippen LogP contribution in [0.25, 0.3) is 21.5 Å². The number of hydrogen-bond donors (Lipinski definition) is 1. The van der Waals surface area contributed by atoms with Gasteiger partial charge in [-0.2, -0.15) is 0 Å². The third kappa shape index (κ3) is 1.70. The molecular formula is C19H20O. The van der Waals surface area contributed by atoms with Gasteiger partial charge in [-0.15, -0.1) is 0 Å². The normalized spacial score (nSPS) is 11.4. The molecule has 0 aromatic heterocycles. The van der Waals surface area contributed by atoms with Crippen LogP contribution in [0, 0.1) is 20.8 Å². The second-order valence-corrected chi connectivity index (χ2v) is 5.64. The largest absolute Gasteiger partial charge is 0.507 e. The number of phenolic OH excluding ortho intramolecular Hbond substituents is 1. The van der Waals surface area contributed by atoms with Crippen LogP contribution in [0.5, 0.6) is 5.75 Å². The molecule has 0 unspecified atom stereocenters. The number of fused-ring (bicyclic) bond motifs is 2. The van der Waals surface area contributed by atoms with E-state index in [2.05, 4.69) is 52.0 Å². The van der Waals surface area contributed by atoms with Crippen LogP contribution >= 0.6 is 0 Å². The molecule has 20 heavy (non-hydrogen) atoms. The van der Waals surface area contributed by atoms with Crippen LogP contribution < -0.4 is 0 Å². The van der Waals surface area contributed by atoms with E-state index in [4.69, 9.17) is 0 Å². The van der Waals surface area contributed by atoms with Crippen LogP contribution in [0.2, 0.25) is 0 Å². The van der Waals surface area contributed by atoms with Crippen LogP contribution in [0.4, 0.5) is 0 Å². The van der Waals surface area contributed by atoms with Crippen LogP contribution in [-0.2, 0) is 6.42 Å². The molecule has 1 nitrogen and oxygen atoms in total. The zero-order chi connectivity index (χ0) is 14.4. The molecule has 1 N–H and O–H groups in total. The summed E-state index contributed by atoms with van der Waals surface area (Å²) < 4.78 is 0. The standard InChI is InChI=1S/C19H20O/c1-5-15-12(3)7-9-16-17(15)10-14-8-6-11(2)13(4)18(14)19(16)20/h6-10,20H,5H2,1-4H3. The van der Waals surface area contributed by atoms with Crippen molar-refractivity contribution >= 4 is 21.5 Å². The van der Waals surface area contributed by atoms with Crippen molar-refractivity contribution < 1.29 is 5.11 Å². The Morgan fingerprint density at radius 1 is 0.900 bits per heavy atom. The molecule has 0 aliphatic rings. The molecule has 3 aromatic rings. The van der Waals surface area contributed by atoms with Gasteiger partial charge < -0.3 is 5.11 Å². The number of hydrogen-bond acceptors (Lipinski definition) is 1. The molecule has 0 aliphatic carbocycles. The smallest absolute Gasteiger partial charge is 0.131 e. The van der Waals surface area contributed by atoms with Gasteiger partial charge in [-0.25, -0.2) is 0 Å². The molecule has 0 atom stereocenters. The lowest BCUT2D eigenvalue weighted by Crippen LogP contribution is -1.92. The van der Waals surface area contributed by atoms with Crippen molar-refractivity contribution in [1.29, 1.82) is 0 Å². The summed E-state index contributed by atoms with van der Waals surface area (Å²) in [5, 5.41) is 15.0. The fourth-order valence-corrected chi connectivity index (χ4v) is 3.18. The van der Waals surface area contributed by atoms with Gasteiger partial charge in [-0.3, -0.25) is 0 Å². The molecule has 102 valence electrons. The minimum Gasteiger partial charge on any atom is -0.507 e. The first-order valence-electron chi connectivity index (χ1n) is 7.18. The molecule has 0 aliphatic heterocycles. The Hall–Kier alpha value is -2.02. The van der Waals surface area contributed by atoms with Crippen molar-refractivity contribution in [3.05, 3.63) is 52.6 Å². The summed E-state index contributed by atoms with van der Waals surface area (Å²) in [5.41, 5.74) is 5.01.